The highest BCUT2D eigenvalue weighted by Gasteiger charge is 2.11. The number of rotatable bonds is 6. The minimum Gasteiger partial charge on any atom is -0.493 e. The molecular weight excluding hydrogens is 282 g/mol. The number of ether oxygens (including phenoxy) is 3. The first-order valence-corrected chi connectivity index (χ1v) is 6.94. The van der Waals surface area contributed by atoms with Crippen LogP contribution in [0.5, 0.6) is 11.5 Å². The Morgan fingerprint density at radius 1 is 1.14 bits per heavy atom. The summed E-state index contributed by atoms with van der Waals surface area (Å²) in [5, 5.41) is 0. The van der Waals surface area contributed by atoms with Crippen molar-refractivity contribution in [3.8, 4) is 11.5 Å². The molecule has 5 heteroatoms. The van der Waals surface area contributed by atoms with Crippen LogP contribution in [0.1, 0.15) is 28.5 Å². The van der Waals surface area contributed by atoms with Crippen molar-refractivity contribution in [1.29, 1.82) is 0 Å². The average Bonchev–Trinajstić information content (AvgIpc) is 3.01. The van der Waals surface area contributed by atoms with E-state index in [2.05, 4.69) is 4.98 Å². The van der Waals surface area contributed by atoms with Crippen molar-refractivity contribution < 1.29 is 19.0 Å². The number of nitrogens with one attached hydrogen (secondary N) is 1. The van der Waals surface area contributed by atoms with Crippen LogP contribution in [0.2, 0.25) is 0 Å². The summed E-state index contributed by atoms with van der Waals surface area (Å²) >= 11 is 0. The van der Waals surface area contributed by atoms with Crippen molar-refractivity contribution >= 4 is 18.1 Å². The molecule has 0 unspecified atom stereocenters. The summed E-state index contributed by atoms with van der Waals surface area (Å²) in [5.41, 5.74) is 2.15. The molecule has 1 N–H and O–H groups in total. The number of aromatic amines is 1. The van der Waals surface area contributed by atoms with E-state index >= 15 is 0 Å². The summed E-state index contributed by atoms with van der Waals surface area (Å²) in [7, 11) is 3.19. The van der Waals surface area contributed by atoms with Gasteiger partial charge >= 0.3 is 5.97 Å². The van der Waals surface area contributed by atoms with E-state index < -0.39 is 0 Å². The van der Waals surface area contributed by atoms with Gasteiger partial charge in [0.1, 0.15) is 0 Å². The number of aromatic nitrogens is 1. The van der Waals surface area contributed by atoms with Crippen LogP contribution in [0.15, 0.2) is 30.5 Å². The van der Waals surface area contributed by atoms with Crippen LogP contribution in [-0.4, -0.2) is 31.8 Å². The Labute approximate surface area is 129 Å². The third kappa shape index (κ3) is 3.49. The molecule has 2 rings (SSSR count). The lowest BCUT2D eigenvalue weighted by molar-refractivity contribution is 0.0526. The monoisotopic (exact) mass is 301 g/mol. The van der Waals surface area contributed by atoms with Crippen LogP contribution in [-0.2, 0) is 4.74 Å². The summed E-state index contributed by atoms with van der Waals surface area (Å²) < 4.78 is 15.5. The number of H-pyrrole nitrogens is 1. The van der Waals surface area contributed by atoms with Crippen molar-refractivity contribution in [3.05, 3.63) is 47.3 Å². The summed E-state index contributed by atoms with van der Waals surface area (Å²) in [6.07, 6.45) is 5.42. The highest BCUT2D eigenvalue weighted by molar-refractivity contribution is 5.94. The zero-order valence-electron chi connectivity index (χ0n) is 12.9. The second-order valence-corrected chi connectivity index (χ2v) is 4.47. The lowest BCUT2D eigenvalue weighted by Crippen LogP contribution is -2.04. The fourth-order valence-corrected chi connectivity index (χ4v) is 2.04. The third-order valence-electron chi connectivity index (χ3n) is 3.12. The van der Waals surface area contributed by atoms with E-state index in [-0.39, 0.29) is 5.97 Å². The molecular formula is C17H19NO4. The predicted molar refractivity (Wildman–Crippen MR) is 85.2 cm³/mol. The van der Waals surface area contributed by atoms with Gasteiger partial charge in [-0.15, -0.1) is 0 Å². The Bertz CT molecular complexity index is 673. The Morgan fingerprint density at radius 2 is 1.91 bits per heavy atom. The molecule has 0 aliphatic rings. The molecule has 0 saturated carbocycles. The van der Waals surface area contributed by atoms with E-state index in [9.17, 15) is 4.79 Å². The second kappa shape index (κ2) is 7.36. The van der Waals surface area contributed by atoms with Gasteiger partial charge in [-0.2, -0.15) is 0 Å². The summed E-state index contributed by atoms with van der Waals surface area (Å²) in [5.74, 6) is 0.990. The number of methoxy groups -OCH3 is 2. The lowest BCUT2D eigenvalue weighted by Gasteiger charge is -2.07. The maximum atomic E-state index is 11.8. The largest absolute Gasteiger partial charge is 0.493 e. The maximum absolute atomic E-state index is 11.8. The highest BCUT2D eigenvalue weighted by atomic mass is 16.5. The SMILES string of the molecule is CCOC(=O)c1cc[nH]c1C=Cc1ccc(OC)c(OC)c1. The van der Waals surface area contributed by atoms with Crippen LogP contribution < -0.4 is 9.47 Å². The quantitative estimate of drug-likeness (QED) is 0.831. The van der Waals surface area contributed by atoms with Gasteiger partial charge in [0.05, 0.1) is 32.1 Å². The molecule has 5 nitrogen and oxygen atoms in total. The van der Waals surface area contributed by atoms with E-state index in [1.54, 1.807) is 33.4 Å². The molecule has 0 fully saturated rings. The van der Waals surface area contributed by atoms with Crippen LogP contribution in [0.4, 0.5) is 0 Å². The second-order valence-electron chi connectivity index (χ2n) is 4.47. The van der Waals surface area contributed by atoms with Gasteiger partial charge in [0.2, 0.25) is 0 Å². The highest BCUT2D eigenvalue weighted by Crippen LogP contribution is 2.28. The van der Waals surface area contributed by atoms with Gasteiger partial charge in [-0.05, 0) is 36.8 Å². The van der Waals surface area contributed by atoms with E-state index in [0.29, 0.717) is 29.4 Å². The van der Waals surface area contributed by atoms with Gasteiger partial charge < -0.3 is 19.2 Å². The van der Waals surface area contributed by atoms with E-state index in [0.717, 1.165) is 5.56 Å². The van der Waals surface area contributed by atoms with Gasteiger partial charge in [0.15, 0.2) is 11.5 Å². The standard InChI is InChI=1S/C17H19NO4/c1-4-22-17(19)13-9-10-18-14(13)7-5-12-6-8-15(20-2)16(11-12)21-3/h5-11,18H,4H2,1-3H3. The number of carbonyl (C=O) groups is 1. The Kier molecular flexibility index (Phi) is 5.25. The number of esters is 1. The van der Waals surface area contributed by atoms with Crippen molar-refractivity contribution in [1.82, 2.24) is 4.98 Å². The molecule has 0 aliphatic carbocycles. The zero-order valence-corrected chi connectivity index (χ0v) is 12.9. The Balaban J connectivity index is 2.22. The molecule has 0 radical (unpaired) electrons. The molecule has 0 saturated heterocycles. The van der Waals surface area contributed by atoms with Gasteiger partial charge in [0.25, 0.3) is 0 Å². The Hall–Kier alpha value is -2.69. The van der Waals surface area contributed by atoms with E-state index in [1.807, 2.05) is 30.4 Å². The molecule has 116 valence electrons. The van der Waals surface area contributed by atoms with Crippen molar-refractivity contribution in [2.45, 2.75) is 6.92 Å². The smallest absolute Gasteiger partial charge is 0.340 e. The molecule has 0 amide bonds. The van der Waals surface area contributed by atoms with Crippen molar-refractivity contribution in [2.24, 2.45) is 0 Å². The number of carbonyl (C=O) groups excluding carboxylic acids is 1. The van der Waals surface area contributed by atoms with Crippen LogP contribution in [0.25, 0.3) is 12.2 Å². The molecule has 0 atom stereocenters. The molecule has 2 aromatic rings. The first kappa shape index (κ1) is 15.7. The van der Waals surface area contributed by atoms with Crippen molar-refractivity contribution in [2.75, 3.05) is 20.8 Å². The molecule has 22 heavy (non-hydrogen) atoms. The average molecular weight is 301 g/mol. The van der Waals surface area contributed by atoms with Gasteiger partial charge in [0, 0.05) is 6.20 Å². The zero-order chi connectivity index (χ0) is 15.9. The van der Waals surface area contributed by atoms with Gasteiger partial charge in [-0.3, -0.25) is 0 Å². The fourth-order valence-electron chi connectivity index (χ4n) is 2.04. The van der Waals surface area contributed by atoms with Crippen LogP contribution in [0.3, 0.4) is 0 Å². The predicted octanol–water partition coefficient (Wildman–Crippen LogP) is 3.38. The molecule has 1 aromatic carbocycles. The van der Waals surface area contributed by atoms with Crippen LogP contribution >= 0.6 is 0 Å². The number of hydrogen-bond donors (Lipinski definition) is 1. The minimum absolute atomic E-state index is 0.337. The third-order valence-corrected chi connectivity index (χ3v) is 3.12. The summed E-state index contributed by atoms with van der Waals surface area (Å²) in [6, 6.07) is 7.30. The first-order chi connectivity index (χ1) is 10.7. The first-order valence-electron chi connectivity index (χ1n) is 6.94. The topological polar surface area (TPSA) is 60.6 Å². The van der Waals surface area contributed by atoms with Crippen molar-refractivity contribution in [3.63, 3.8) is 0 Å². The fraction of sp³-hybridized carbons (Fsp3) is 0.235. The molecule has 1 heterocycles. The molecule has 0 spiro atoms. The van der Waals surface area contributed by atoms with Crippen LogP contribution in [0, 0.1) is 0 Å². The molecule has 0 aliphatic heterocycles. The van der Waals surface area contributed by atoms with E-state index in [1.165, 1.54) is 0 Å². The summed E-state index contributed by atoms with van der Waals surface area (Å²) in [6.45, 7) is 2.13. The molecule has 0 bridgehead atoms. The minimum atomic E-state index is -0.337. The summed E-state index contributed by atoms with van der Waals surface area (Å²) in [4.78, 5) is 14.8. The molecule has 1 aromatic heterocycles. The Morgan fingerprint density at radius 3 is 2.59 bits per heavy atom. The lowest BCUT2D eigenvalue weighted by atomic mass is 10.1. The number of benzene rings is 1. The number of hydrogen-bond acceptors (Lipinski definition) is 4. The van der Waals surface area contributed by atoms with Gasteiger partial charge in [-0.1, -0.05) is 12.1 Å². The maximum Gasteiger partial charge on any atom is 0.340 e. The normalized spacial score (nSPS) is 10.7. The van der Waals surface area contributed by atoms with Gasteiger partial charge in [-0.25, -0.2) is 4.79 Å². The van der Waals surface area contributed by atoms with E-state index in [4.69, 9.17) is 14.2 Å².